The number of hydrogen-bond donors (Lipinski definition) is 2. The number of unbranched alkanes of at least 4 members (excludes halogenated alkanes) is 1. The summed E-state index contributed by atoms with van der Waals surface area (Å²) in [6.07, 6.45) is 4.19. The van der Waals surface area contributed by atoms with Crippen LogP contribution < -0.4 is 16.0 Å². The molecule has 0 fully saturated rings. The van der Waals surface area contributed by atoms with Crippen LogP contribution in [0.15, 0.2) is 6.07 Å². The summed E-state index contributed by atoms with van der Waals surface area (Å²) < 4.78 is 32.0. The third-order valence-electron chi connectivity index (χ3n) is 3.03. The number of aromatic nitrogens is 1. The molecule has 0 saturated carbocycles. The molecule has 1 rings (SSSR count). The Kier molecular flexibility index (Phi) is 6.49. The largest absolute Gasteiger partial charge is 0.475 e. The highest BCUT2D eigenvalue weighted by Gasteiger charge is 2.14. The summed E-state index contributed by atoms with van der Waals surface area (Å²) in [6, 6.07) is 0.713. The molecule has 1 atom stereocenters. The Hall–Kier alpha value is -1.43. The first-order chi connectivity index (χ1) is 9.12. The Morgan fingerprint density at radius 3 is 2.68 bits per heavy atom. The molecule has 108 valence electrons. The quantitative estimate of drug-likeness (QED) is 0.564. The van der Waals surface area contributed by atoms with E-state index in [0.29, 0.717) is 18.6 Å². The number of ether oxygens (including phenoxy) is 1. The number of hydrazine groups is 1. The average Bonchev–Trinajstić information content (AvgIpc) is 2.41. The Balaban J connectivity index is 2.65. The van der Waals surface area contributed by atoms with Crippen molar-refractivity contribution in [1.82, 2.24) is 4.98 Å². The molecule has 1 aromatic heterocycles. The standard InChI is InChI=1S/C13H21F2N3O/c1-3-5-6-9(4-2)8-19-13-11(15)7-10(14)12(17-13)18-16/h7,9H,3-6,8,16H2,1-2H3,(H,17,18). The molecule has 0 radical (unpaired) electrons. The topological polar surface area (TPSA) is 60.2 Å². The van der Waals surface area contributed by atoms with E-state index in [4.69, 9.17) is 10.6 Å². The highest BCUT2D eigenvalue weighted by molar-refractivity contribution is 5.38. The monoisotopic (exact) mass is 273 g/mol. The van der Waals surface area contributed by atoms with Gasteiger partial charge in [0.1, 0.15) is 0 Å². The number of rotatable bonds is 8. The zero-order valence-corrected chi connectivity index (χ0v) is 11.4. The van der Waals surface area contributed by atoms with Crippen molar-refractivity contribution in [2.24, 2.45) is 11.8 Å². The summed E-state index contributed by atoms with van der Waals surface area (Å²) >= 11 is 0. The van der Waals surface area contributed by atoms with Crippen LogP contribution in [0.2, 0.25) is 0 Å². The zero-order chi connectivity index (χ0) is 14.3. The van der Waals surface area contributed by atoms with E-state index in [-0.39, 0.29) is 11.7 Å². The van der Waals surface area contributed by atoms with Gasteiger partial charge in [-0.15, -0.1) is 0 Å². The van der Waals surface area contributed by atoms with E-state index in [1.165, 1.54) is 0 Å². The maximum Gasteiger partial charge on any atom is 0.252 e. The summed E-state index contributed by atoms with van der Waals surface area (Å²) in [7, 11) is 0. The molecule has 1 aromatic rings. The molecule has 6 heteroatoms. The number of nitrogens with one attached hydrogen (secondary N) is 1. The lowest BCUT2D eigenvalue weighted by atomic mass is 10.0. The Bertz CT molecular complexity index is 402. The third kappa shape index (κ3) is 4.63. The molecule has 0 amide bonds. The number of nitrogens with two attached hydrogens (primary N) is 1. The zero-order valence-electron chi connectivity index (χ0n) is 11.4. The fraction of sp³-hybridized carbons (Fsp3) is 0.615. The van der Waals surface area contributed by atoms with Gasteiger partial charge in [-0.2, -0.15) is 4.98 Å². The van der Waals surface area contributed by atoms with Gasteiger partial charge in [0.25, 0.3) is 5.88 Å². The second-order valence-electron chi connectivity index (χ2n) is 4.48. The first kappa shape index (κ1) is 15.6. The van der Waals surface area contributed by atoms with E-state index < -0.39 is 11.6 Å². The summed E-state index contributed by atoms with van der Waals surface area (Å²) in [6.45, 7) is 4.55. The van der Waals surface area contributed by atoms with Crippen LogP contribution in [0, 0.1) is 17.6 Å². The van der Waals surface area contributed by atoms with Crippen LogP contribution in [-0.4, -0.2) is 11.6 Å². The molecular weight excluding hydrogens is 252 g/mol. The number of nitrogen functional groups attached to an aromatic ring is 1. The normalized spacial score (nSPS) is 12.3. The molecule has 1 unspecified atom stereocenters. The lowest BCUT2D eigenvalue weighted by Crippen LogP contribution is -2.15. The molecule has 0 saturated heterocycles. The maximum atomic E-state index is 13.5. The molecule has 0 aliphatic heterocycles. The molecule has 0 aromatic carbocycles. The van der Waals surface area contributed by atoms with Crippen LogP contribution in [0.3, 0.4) is 0 Å². The molecule has 3 N–H and O–H groups in total. The van der Waals surface area contributed by atoms with Crippen LogP contribution in [0.25, 0.3) is 0 Å². The summed E-state index contributed by atoms with van der Waals surface area (Å²) in [4.78, 5) is 3.67. The fourth-order valence-corrected chi connectivity index (χ4v) is 1.75. The number of anilines is 1. The minimum absolute atomic E-state index is 0.218. The minimum atomic E-state index is -0.842. The smallest absolute Gasteiger partial charge is 0.252 e. The summed E-state index contributed by atoms with van der Waals surface area (Å²) in [5.74, 6) is 3.33. The van der Waals surface area contributed by atoms with E-state index in [0.717, 1.165) is 25.7 Å². The number of pyridine rings is 1. The lowest BCUT2D eigenvalue weighted by molar-refractivity contribution is 0.216. The van der Waals surface area contributed by atoms with Crippen LogP contribution in [-0.2, 0) is 0 Å². The first-order valence-corrected chi connectivity index (χ1v) is 6.57. The van der Waals surface area contributed by atoms with Crippen molar-refractivity contribution in [3.05, 3.63) is 17.7 Å². The predicted molar refractivity (Wildman–Crippen MR) is 70.8 cm³/mol. The van der Waals surface area contributed by atoms with Crippen molar-refractivity contribution in [2.45, 2.75) is 39.5 Å². The fourth-order valence-electron chi connectivity index (χ4n) is 1.75. The molecule has 1 heterocycles. The molecule has 0 spiro atoms. The highest BCUT2D eigenvalue weighted by Crippen LogP contribution is 2.22. The predicted octanol–water partition coefficient (Wildman–Crippen LogP) is 3.24. The highest BCUT2D eigenvalue weighted by atomic mass is 19.1. The van der Waals surface area contributed by atoms with Crippen molar-refractivity contribution in [1.29, 1.82) is 0 Å². The van der Waals surface area contributed by atoms with Crippen molar-refractivity contribution < 1.29 is 13.5 Å². The van der Waals surface area contributed by atoms with Crippen molar-refractivity contribution in [2.75, 3.05) is 12.0 Å². The molecule has 4 nitrogen and oxygen atoms in total. The van der Waals surface area contributed by atoms with Gasteiger partial charge in [0.15, 0.2) is 17.5 Å². The first-order valence-electron chi connectivity index (χ1n) is 6.57. The van der Waals surface area contributed by atoms with Crippen molar-refractivity contribution in [3.63, 3.8) is 0 Å². The van der Waals surface area contributed by atoms with Gasteiger partial charge >= 0.3 is 0 Å². The number of halogens is 2. The van der Waals surface area contributed by atoms with E-state index in [1.807, 2.05) is 0 Å². The van der Waals surface area contributed by atoms with E-state index in [1.54, 1.807) is 0 Å². The van der Waals surface area contributed by atoms with Gasteiger partial charge in [0.2, 0.25) is 0 Å². The van der Waals surface area contributed by atoms with Crippen LogP contribution in [0.4, 0.5) is 14.6 Å². The van der Waals surface area contributed by atoms with Gasteiger partial charge in [-0.25, -0.2) is 14.6 Å². The van der Waals surface area contributed by atoms with Gasteiger partial charge in [-0.1, -0.05) is 33.1 Å². The van der Waals surface area contributed by atoms with E-state index in [9.17, 15) is 8.78 Å². The molecule has 0 aliphatic carbocycles. The van der Waals surface area contributed by atoms with Crippen molar-refractivity contribution in [3.8, 4) is 5.88 Å². The van der Waals surface area contributed by atoms with Gasteiger partial charge in [-0.3, -0.25) is 0 Å². The van der Waals surface area contributed by atoms with Gasteiger partial charge in [0, 0.05) is 6.07 Å². The molecule has 0 aliphatic rings. The SMILES string of the molecule is CCCCC(CC)COc1nc(NN)c(F)cc1F. The molecule has 0 bridgehead atoms. The third-order valence-corrected chi connectivity index (χ3v) is 3.03. The summed E-state index contributed by atoms with van der Waals surface area (Å²) in [5, 5.41) is 0. The Labute approximate surface area is 112 Å². The van der Waals surface area contributed by atoms with E-state index in [2.05, 4.69) is 24.3 Å². The number of hydrogen-bond acceptors (Lipinski definition) is 4. The van der Waals surface area contributed by atoms with E-state index >= 15 is 0 Å². The van der Waals surface area contributed by atoms with Gasteiger partial charge in [-0.05, 0) is 12.3 Å². The Morgan fingerprint density at radius 1 is 1.37 bits per heavy atom. The van der Waals surface area contributed by atoms with Crippen LogP contribution in [0.1, 0.15) is 39.5 Å². The van der Waals surface area contributed by atoms with Crippen molar-refractivity contribution >= 4 is 5.82 Å². The lowest BCUT2D eigenvalue weighted by Gasteiger charge is -2.15. The van der Waals surface area contributed by atoms with Crippen LogP contribution >= 0.6 is 0 Å². The van der Waals surface area contributed by atoms with Gasteiger partial charge in [0.05, 0.1) is 6.61 Å². The molecular formula is C13H21F2N3O. The molecule has 19 heavy (non-hydrogen) atoms. The second-order valence-corrected chi connectivity index (χ2v) is 4.48. The minimum Gasteiger partial charge on any atom is -0.475 e. The number of nitrogens with zero attached hydrogens (tertiary/aromatic N) is 1. The Morgan fingerprint density at radius 2 is 2.11 bits per heavy atom. The second kappa shape index (κ2) is 7.89. The summed E-state index contributed by atoms with van der Waals surface area (Å²) in [5.41, 5.74) is 2.07. The van der Waals surface area contributed by atoms with Gasteiger partial charge < -0.3 is 10.2 Å². The maximum absolute atomic E-state index is 13.5. The van der Waals surface area contributed by atoms with Crippen LogP contribution in [0.5, 0.6) is 5.88 Å². The average molecular weight is 273 g/mol.